The van der Waals surface area contributed by atoms with Crippen LogP contribution in [0.25, 0.3) is 0 Å². The lowest BCUT2D eigenvalue weighted by Crippen LogP contribution is -2.36. The molecule has 0 saturated heterocycles. The predicted molar refractivity (Wildman–Crippen MR) is 115 cm³/mol. The van der Waals surface area contributed by atoms with Crippen molar-refractivity contribution in [2.24, 2.45) is 0 Å². The summed E-state index contributed by atoms with van der Waals surface area (Å²) in [5, 5.41) is 6.34. The molecule has 6 nitrogen and oxygen atoms in total. The van der Waals surface area contributed by atoms with Crippen molar-refractivity contribution in [2.75, 3.05) is 46.3 Å². The molecule has 0 rings (SSSR count). The molecule has 0 aromatic carbocycles. The maximum absolute atomic E-state index is 11.7. The van der Waals surface area contributed by atoms with Crippen molar-refractivity contribution in [1.29, 1.82) is 0 Å². The minimum Gasteiger partial charge on any atom is -0.444 e. The van der Waals surface area contributed by atoms with Crippen LogP contribution in [0, 0.1) is 0 Å². The molecule has 0 bridgehead atoms. The molecule has 0 aromatic heterocycles. The first kappa shape index (κ1) is 26.1. The standard InChI is InChI=1S/C21H46N4O2/c1-18(2)22-12-9-15-25(17-11-14-24(8)19(3)4)16-10-13-23-20(26)27-21(5,6)7/h18-19,22H,9-17H2,1-8H3,(H,23,26). The van der Waals surface area contributed by atoms with E-state index in [1.165, 1.54) is 6.42 Å². The Labute approximate surface area is 168 Å². The summed E-state index contributed by atoms with van der Waals surface area (Å²) in [6.07, 6.45) is 2.94. The van der Waals surface area contributed by atoms with Gasteiger partial charge < -0.3 is 25.2 Å². The van der Waals surface area contributed by atoms with Crippen molar-refractivity contribution in [3.8, 4) is 0 Å². The zero-order valence-corrected chi connectivity index (χ0v) is 19.2. The Morgan fingerprint density at radius 2 is 1.48 bits per heavy atom. The van der Waals surface area contributed by atoms with Crippen LogP contribution in [-0.2, 0) is 4.74 Å². The minimum atomic E-state index is -0.442. The lowest BCUT2D eigenvalue weighted by Gasteiger charge is -2.26. The fourth-order valence-electron chi connectivity index (χ4n) is 2.64. The Morgan fingerprint density at radius 1 is 0.926 bits per heavy atom. The van der Waals surface area contributed by atoms with Gasteiger partial charge in [0, 0.05) is 18.6 Å². The second kappa shape index (κ2) is 14.2. The average molecular weight is 387 g/mol. The van der Waals surface area contributed by atoms with Crippen LogP contribution in [0.2, 0.25) is 0 Å². The molecule has 0 spiro atoms. The van der Waals surface area contributed by atoms with Gasteiger partial charge in [0.15, 0.2) is 0 Å². The molecule has 0 heterocycles. The molecule has 0 unspecified atom stereocenters. The fraction of sp³-hybridized carbons (Fsp3) is 0.952. The number of ether oxygens (including phenoxy) is 1. The highest BCUT2D eigenvalue weighted by Crippen LogP contribution is 2.06. The van der Waals surface area contributed by atoms with Gasteiger partial charge in [-0.15, -0.1) is 0 Å². The van der Waals surface area contributed by atoms with Crippen LogP contribution in [-0.4, -0.2) is 79.9 Å². The van der Waals surface area contributed by atoms with E-state index in [-0.39, 0.29) is 6.09 Å². The molecular formula is C21H46N4O2. The maximum Gasteiger partial charge on any atom is 0.407 e. The van der Waals surface area contributed by atoms with E-state index in [2.05, 4.69) is 55.2 Å². The number of carbonyl (C=O) groups excluding carboxylic acids is 1. The Bertz CT molecular complexity index is 381. The van der Waals surface area contributed by atoms with E-state index in [0.717, 1.165) is 45.6 Å². The molecule has 0 aliphatic rings. The van der Waals surface area contributed by atoms with Crippen molar-refractivity contribution >= 4 is 6.09 Å². The number of hydrogen-bond donors (Lipinski definition) is 2. The van der Waals surface area contributed by atoms with Crippen LogP contribution < -0.4 is 10.6 Å². The minimum absolute atomic E-state index is 0.325. The number of alkyl carbamates (subject to hydrolysis) is 1. The summed E-state index contributed by atoms with van der Waals surface area (Å²) in [5.74, 6) is 0. The molecule has 0 atom stereocenters. The molecule has 27 heavy (non-hydrogen) atoms. The molecule has 1 amide bonds. The van der Waals surface area contributed by atoms with Gasteiger partial charge >= 0.3 is 6.09 Å². The topological polar surface area (TPSA) is 56.8 Å². The van der Waals surface area contributed by atoms with E-state index in [1.54, 1.807) is 0 Å². The van der Waals surface area contributed by atoms with E-state index in [1.807, 2.05) is 20.8 Å². The van der Waals surface area contributed by atoms with Gasteiger partial charge in [-0.3, -0.25) is 0 Å². The second-order valence-electron chi connectivity index (χ2n) is 9.01. The molecule has 0 saturated carbocycles. The fourth-order valence-corrected chi connectivity index (χ4v) is 2.64. The van der Waals surface area contributed by atoms with Gasteiger partial charge in [0.2, 0.25) is 0 Å². The highest BCUT2D eigenvalue weighted by atomic mass is 16.6. The third kappa shape index (κ3) is 17.0. The molecule has 0 aromatic rings. The lowest BCUT2D eigenvalue weighted by molar-refractivity contribution is 0.0525. The predicted octanol–water partition coefficient (Wildman–Crippen LogP) is 3.32. The van der Waals surface area contributed by atoms with Crippen LogP contribution in [0.15, 0.2) is 0 Å². The molecule has 0 radical (unpaired) electrons. The van der Waals surface area contributed by atoms with E-state index in [9.17, 15) is 4.79 Å². The number of rotatable bonds is 14. The molecule has 2 N–H and O–H groups in total. The summed E-state index contributed by atoms with van der Waals surface area (Å²) in [6, 6.07) is 1.13. The zero-order chi connectivity index (χ0) is 20.9. The summed E-state index contributed by atoms with van der Waals surface area (Å²) in [6.45, 7) is 20.5. The quantitative estimate of drug-likeness (QED) is 0.449. The van der Waals surface area contributed by atoms with Crippen LogP contribution in [0.4, 0.5) is 4.79 Å². The van der Waals surface area contributed by atoms with Gasteiger partial charge in [0.25, 0.3) is 0 Å². The van der Waals surface area contributed by atoms with Crippen molar-refractivity contribution < 1.29 is 9.53 Å². The molecule has 6 heteroatoms. The van der Waals surface area contributed by atoms with Crippen molar-refractivity contribution in [2.45, 2.75) is 85.4 Å². The summed E-state index contributed by atoms with van der Waals surface area (Å²) in [4.78, 5) is 16.6. The molecule has 0 aliphatic heterocycles. The Kier molecular flexibility index (Phi) is 13.7. The first-order valence-corrected chi connectivity index (χ1v) is 10.6. The van der Waals surface area contributed by atoms with E-state index in [0.29, 0.717) is 18.6 Å². The lowest BCUT2D eigenvalue weighted by atomic mass is 10.2. The number of nitrogens with zero attached hydrogens (tertiary/aromatic N) is 2. The zero-order valence-electron chi connectivity index (χ0n) is 19.2. The first-order valence-electron chi connectivity index (χ1n) is 10.6. The van der Waals surface area contributed by atoms with Gasteiger partial charge in [0.05, 0.1) is 0 Å². The molecule has 0 fully saturated rings. The highest BCUT2D eigenvalue weighted by Gasteiger charge is 2.15. The van der Waals surface area contributed by atoms with Gasteiger partial charge in [0.1, 0.15) is 5.60 Å². The van der Waals surface area contributed by atoms with Crippen molar-refractivity contribution in [3.63, 3.8) is 0 Å². The SMILES string of the molecule is CC(C)NCCCN(CCCNC(=O)OC(C)(C)C)CCCN(C)C(C)C. The van der Waals surface area contributed by atoms with E-state index in [4.69, 9.17) is 4.74 Å². The average Bonchev–Trinajstić information content (AvgIpc) is 2.52. The van der Waals surface area contributed by atoms with E-state index < -0.39 is 5.60 Å². The monoisotopic (exact) mass is 386 g/mol. The molecule has 162 valence electrons. The van der Waals surface area contributed by atoms with Gasteiger partial charge in [-0.1, -0.05) is 13.8 Å². The van der Waals surface area contributed by atoms with Crippen molar-refractivity contribution in [1.82, 2.24) is 20.4 Å². The summed E-state index contributed by atoms with van der Waals surface area (Å²) < 4.78 is 5.28. The molecular weight excluding hydrogens is 340 g/mol. The Hall–Kier alpha value is -0.850. The third-order valence-corrected chi connectivity index (χ3v) is 4.39. The Morgan fingerprint density at radius 3 is 2.00 bits per heavy atom. The second-order valence-corrected chi connectivity index (χ2v) is 9.01. The Balaban J connectivity index is 4.17. The maximum atomic E-state index is 11.7. The van der Waals surface area contributed by atoms with E-state index >= 15 is 0 Å². The van der Waals surface area contributed by atoms with Crippen LogP contribution in [0.5, 0.6) is 0 Å². The van der Waals surface area contributed by atoms with Crippen LogP contribution in [0.3, 0.4) is 0 Å². The normalized spacial score (nSPS) is 12.4. The third-order valence-electron chi connectivity index (χ3n) is 4.39. The summed E-state index contributed by atoms with van der Waals surface area (Å²) in [7, 11) is 2.19. The summed E-state index contributed by atoms with van der Waals surface area (Å²) >= 11 is 0. The van der Waals surface area contributed by atoms with Gasteiger partial charge in [-0.25, -0.2) is 4.79 Å². The number of carbonyl (C=O) groups is 1. The smallest absolute Gasteiger partial charge is 0.407 e. The first-order chi connectivity index (χ1) is 12.5. The number of hydrogen-bond acceptors (Lipinski definition) is 5. The van der Waals surface area contributed by atoms with Crippen molar-refractivity contribution in [3.05, 3.63) is 0 Å². The van der Waals surface area contributed by atoms with Gasteiger partial charge in [-0.2, -0.15) is 0 Å². The number of amides is 1. The summed E-state index contributed by atoms with van der Waals surface area (Å²) in [5.41, 5.74) is -0.442. The largest absolute Gasteiger partial charge is 0.444 e. The van der Waals surface area contributed by atoms with Gasteiger partial charge in [-0.05, 0) is 93.7 Å². The van der Waals surface area contributed by atoms with Crippen LogP contribution >= 0.6 is 0 Å². The number of nitrogens with one attached hydrogen (secondary N) is 2. The highest BCUT2D eigenvalue weighted by molar-refractivity contribution is 5.67. The molecule has 0 aliphatic carbocycles. The van der Waals surface area contributed by atoms with Crippen LogP contribution in [0.1, 0.15) is 67.7 Å².